The molecular weight excluding hydrogens is 233 g/mol. The second kappa shape index (κ2) is 4.27. The molecule has 0 fully saturated rings. The van der Waals surface area contributed by atoms with E-state index in [4.69, 9.17) is 4.42 Å². The zero-order chi connectivity index (χ0) is 12.5. The molecule has 92 valence electrons. The zero-order valence-corrected chi connectivity index (χ0v) is 9.08. The summed E-state index contributed by atoms with van der Waals surface area (Å²) in [6.45, 7) is 1.43. The lowest BCUT2D eigenvalue weighted by Gasteiger charge is -2.13. The molecule has 0 aliphatic heterocycles. The molecule has 1 N–H and O–H groups in total. The Labute approximate surface area is 95.6 Å². The average Bonchev–Trinajstić information content (AvgIpc) is 2.55. The van der Waals surface area contributed by atoms with Gasteiger partial charge >= 0.3 is 6.18 Å². The van der Waals surface area contributed by atoms with Crippen LogP contribution in [0.5, 0.6) is 0 Å². The number of hydrogen-bond donors (Lipinski definition) is 1. The van der Waals surface area contributed by atoms with E-state index in [0.29, 0.717) is 11.1 Å². The number of fused-ring (bicyclic) bond motifs is 1. The van der Waals surface area contributed by atoms with E-state index in [1.54, 1.807) is 24.3 Å². The van der Waals surface area contributed by atoms with Gasteiger partial charge in [0.05, 0.1) is 6.42 Å². The molecule has 1 heterocycles. The van der Waals surface area contributed by atoms with Gasteiger partial charge < -0.3 is 9.73 Å². The van der Waals surface area contributed by atoms with Crippen LogP contribution in [0.3, 0.4) is 0 Å². The Morgan fingerprint density at radius 2 is 2.06 bits per heavy atom. The molecule has 0 amide bonds. The maximum Gasteiger partial charge on any atom is 0.391 e. The number of anilines is 1. The largest absolute Gasteiger partial charge is 0.424 e. The standard InChI is InChI=1S/C11H11F3N2O/c1-7(6-11(12,13)14)15-10-16-8-4-2-3-5-9(8)17-10/h2-5,7H,6H2,1H3,(H,15,16). The summed E-state index contributed by atoms with van der Waals surface area (Å²) in [6, 6.07) is 6.34. The second-order valence-corrected chi connectivity index (χ2v) is 3.85. The Morgan fingerprint density at radius 3 is 2.71 bits per heavy atom. The van der Waals surface area contributed by atoms with Gasteiger partial charge in [-0.1, -0.05) is 12.1 Å². The van der Waals surface area contributed by atoms with Gasteiger partial charge in [0.15, 0.2) is 5.58 Å². The number of nitrogens with zero attached hydrogens (tertiary/aromatic N) is 1. The predicted octanol–water partition coefficient (Wildman–Crippen LogP) is 3.58. The highest BCUT2D eigenvalue weighted by Gasteiger charge is 2.30. The first-order chi connectivity index (χ1) is 7.94. The van der Waals surface area contributed by atoms with Crippen LogP contribution in [0.25, 0.3) is 11.1 Å². The van der Waals surface area contributed by atoms with Gasteiger partial charge in [-0.05, 0) is 19.1 Å². The van der Waals surface area contributed by atoms with Crippen LogP contribution in [0, 0.1) is 0 Å². The number of halogens is 3. The summed E-state index contributed by atoms with van der Waals surface area (Å²) in [5, 5.41) is 2.59. The first-order valence-electron chi connectivity index (χ1n) is 5.13. The number of benzene rings is 1. The highest BCUT2D eigenvalue weighted by Crippen LogP contribution is 2.24. The van der Waals surface area contributed by atoms with Gasteiger partial charge in [-0.2, -0.15) is 18.2 Å². The normalized spacial score (nSPS) is 13.9. The summed E-state index contributed by atoms with van der Waals surface area (Å²) in [5.41, 5.74) is 1.17. The molecule has 0 saturated heterocycles. The summed E-state index contributed by atoms with van der Waals surface area (Å²) < 4.78 is 41.6. The summed E-state index contributed by atoms with van der Waals surface area (Å²) in [7, 11) is 0. The first-order valence-corrected chi connectivity index (χ1v) is 5.13. The molecule has 0 bridgehead atoms. The Balaban J connectivity index is 2.08. The van der Waals surface area contributed by atoms with E-state index in [1.165, 1.54) is 6.92 Å². The Bertz CT molecular complexity index is 474. The van der Waals surface area contributed by atoms with Crippen LogP contribution < -0.4 is 5.32 Å². The molecule has 0 aliphatic rings. The topological polar surface area (TPSA) is 38.1 Å². The number of oxazole rings is 1. The van der Waals surface area contributed by atoms with E-state index < -0.39 is 18.6 Å². The van der Waals surface area contributed by atoms with Crippen LogP contribution in [0.1, 0.15) is 13.3 Å². The third-order valence-electron chi connectivity index (χ3n) is 2.20. The van der Waals surface area contributed by atoms with Crippen molar-refractivity contribution in [2.45, 2.75) is 25.6 Å². The molecule has 1 atom stereocenters. The van der Waals surface area contributed by atoms with Crippen molar-refractivity contribution in [1.29, 1.82) is 0 Å². The highest BCUT2D eigenvalue weighted by molar-refractivity contribution is 5.74. The van der Waals surface area contributed by atoms with Crippen molar-refractivity contribution in [2.24, 2.45) is 0 Å². The Hall–Kier alpha value is -1.72. The molecule has 0 radical (unpaired) electrons. The fraction of sp³-hybridized carbons (Fsp3) is 0.364. The van der Waals surface area contributed by atoms with Crippen molar-refractivity contribution in [1.82, 2.24) is 4.98 Å². The van der Waals surface area contributed by atoms with E-state index in [0.717, 1.165) is 0 Å². The predicted molar refractivity (Wildman–Crippen MR) is 57.8 cm³/mol. The van der Waals surface area contributed by atoms with Crippen molar-refractivity contribution >= 4 is 17.1 Å². The van der Waals surface area contributed by atoms with Gasteiger partial charge in [-0.3, -0.25) is 0 Å². The molecule has 1 aromatic heterocycles. The third kappa shape index (κ3) is 3.12. The average molecular weight is 244 g/mol. The van der Waals surface area contributed by atoms with Gasteiger partial charge in [0.2, 0.25) is 0 Å². The molecule has 1 unspecified atom stereocenters. The van der Waals surface area contributed by atoms with Gasteiger partial charge in [0, 0.05) is 6.04 Å². The van der Waals surface area contributed by atoms with Gasteiger partial charge in [-0.15, -0.1) is 0 Å². The van der Waals surface area contributed by atoms with Crippen LogP contribution in [0.15, 0.2) is 28.7 Å². The van der Waals surface area contributed by atoms with E-state index in [9.17, 15) is 13.2 Å². The number of para-hydroxylation sites is 2. The van der Waals surface area contributed by atoms with Crippen molar-refractivity contribution in [3.63, 3.8) is 0 Å². The summed E-state index contributed by atoms with van der Waals surface area (Å²) in [6.07, 6.45) is -5.12. The maximum absolute atomic E-state index is 12.1. The van der Waals surface area contributed by atoms with E-state index >= 15 is 0 Å². The van der Waals surface area contributed by atoms with Crippen molar-refractivity contribution in [3.8, 4) is 0 Å². The minimum Gasteiger partial charge on any atom is -0.424 e. The summed E-state index contributed by atoms with van der Waals surface area (Å²) in [5.74, 6) is 0. The quantitative estimate of drug-likeness (QED) is 0.896. The molecule has 2 aromatic rings. The first kappa shape index (κ1) is 11.8. The molecular formula is C11H11F3N2O. The number of rotatable bonds is 3. The van der Waals surface area contributed by atoms with Crippen molar-refractivity contribution < 1.29 is 17.6 Å². The SMILES string of the molecule is CC(CC(F)(F)F)Nc1nc2ccccc2o1. The number of aromatic nitrogens is 1. The monoisotopic (exact) mass is 244 g/mol. The zero-order valence-electron chi connectivity index (χ0n) is 9.08. The molecule has 2 rings (SSSR count). The highest BCUT2D eigenvalue weighted by atomic mass is 19.4. The molecule has 0 aliphatic carbocycles. The van der Waals surface area contributed by atoms with Gasteiger partial charge in [0.25, 0.3) is 6.01 Å². The lowest BCUT2D eigenvalue weighted by Crippen LogP contribution is -2.23. The maximum atomic E-state index is 12.1. The molecule has 17 heavy (non-hydrogen) atoms. The van der Waals surface area contributed by atoms with Crippen LogP contribution in [0.2, 0.25) is 0 Å². The lowest BCUT2D eigenvalue weighted by molar-refractivity contribution is -0.136. The lowest BCUT2D eigenvalue weighted by atomic mass is 10.2. The van der Waals surface area contributed by atoms with Crippen molar-refractivity contribution in [2.75, 3.05) is 5.32 Å². The third-order valence-corrected chi connectivity index (χ3v) is 2.20. The van der Waals surface area contributed by atoms with E-state index in [2.05, 4.69) is 10.3 Å². The summed E-state index contributed by atoms with van der Waals surface area (Å²) >= 11 is 0. The van der Waals surface area contributed by atoms with Gasteiger partial charge in [0.1, 0.15) is 5.52 Å². The smallest absolute Gasteiger partial charge is 0.391 e. The molecule has 1 aromatic carbocycles. The van der Waals surface area contributed by atoms with E-state index in [-0.39, 0.29) is 6.01 Å². The van der Waals surface area contributed by atoms with Crippen LogP contribution in [-0.4, -0.2) is 17.2 Å². The molecule has 3 nitrogen and oxygen atoms in total. The molecule has 0 saturated carbocycles. The minimum absolute atomic E-state index is 0.114. The summed E-state index contributed by atoms with van der Waals surface area (Å²) in [4.78, 5) is 4.04. The van der Waals surface area contributed by atoms with Crippen LogP contribution in [-0.2, 0) is 0 Å². The van der Waals surface area contributed by atoms with Gasteiger partial charge in [-0.25, -0.2) is 0 Å². The molecule has 0 spiro atoms. The minimum atomic E-state index is -4.20. The van der Waals surface area contributed by atoms with E-state index in [1.807, 2.05) is 0 Å². The number of alkyl halides is 3. The van der Waals surface area contributed by atoms with Crippen LogP contribution in [0.4, 0.5) is 19.2 Å². The van der Waals surface area contributed by atoms with Crippen LogP contribution >= 0.6 is 0 Å². The van der Waals surface area contributed by atoms with Crippen molar-refractivity contribution in [3.05, 3.63) is 24.3 Å². The second-order valence-electron chi connectivity index (χ2n) is 3.85. The fourth-order valence-electron chi connectivity index (χ4n) is 1.54. The molecule has 6 heteroatoms. The Morgan fingerprint density at radius 1 is 1.35 bits per heavy atom. The number of hydrogen-bond acceptors (Lipinski definition) is 3. The number of nitrogens with one attached hydrogen (secondary N) is 1. The fourth-order valence-corrected chi connectivity index (χ4v) is 1.54. The Kier molecular flexibility index (Phi) is 2.95.